The fraction of sp³-hybridized carbons (Fsp3) is 0.500. The standard InChI is InChI=1S/C14H21NO2/c1-10(2)12-5-7-13(8-6-12)15-11(3)4-9-14(16)17/h5-8,10-11,15H,4,9H2,1-3H3,(H,16,17). The monoisotopic (exact) mass is 235 g/mol. The molecule has 0 saturated heterocycles. The maximum absolute atomic E-state index is 10.4. The van der Waals surface area contributed by atoms with Crippen molar-refractivity contribution in [2.75, 3.05) is 5.32 Å². The number of benzene rings is 1. The van der Waals surface area contributed by atoms with Gasteiger partial charge in [0, 0.05) is 18.2 Å². The molecule has 0 aliphatic heterocycles. The van der Waals surface area contributed by atoms with Crippen LogP contribution in [0.4, 0.5) is 5.69 Å². The van der Waals surface area contributed by atoms with Crippen molar-refractivity contribution in [2.24, 2.45) is 0 Å². The van der Waals surface area contributed by atoms with Gasteiger partial charge in [0.1, 0.15) is 0 Å². The van der Waals surface area contributed by atoms with Gasteiger partial charge in [-0.2, -0.15) is 0 Å². The van der Waals surface area contributed by atoms with Gasteiger partial charge in [0.15, 0.2) is 0 Å². The number of rotatable bonds is 6. The van der Waals surface area contributed by atoms with Crippen LogP contribution in [-0.4, -0.2) is 17.1 Å². The van der Waals surface area contributed by atoms with Crippen molar-refractivity contribution in [3.8, 4) is 0 Å². The minimum atomic E-state index is -0.742. The van der Waals surface area contributed by atoms with E-state index in [0.717, 1.165) is 5.69 Å². The lowest BCUT2D eigenvalue weighted by Crippen LogP contribution is -2.16. The zero-order valence-electron chi connectivity index (χ0n) is 10.7. The summed E-state index contributed by atoms with van der Waals surface area (Å²) in [5.74, 6) is -0.206. The second-order valence-electron chi connectivity index (χ2n) is 4.75. The zero-order valence-corrected chi connectivity index (χ0v) is 10.7. The second kappa shape index (κ2) is 6.28. The average Bonchev–Trinajstić information content (AvgIpc) is 2.27. The number of carboxylic acids is 1. The van der Waals surface area contributed by atoms with Crippen LogP contribution in [0.1, 0.15) is 45.1 Å². The van der Waals surface area contributed by atoms with Crippen LogP contribution in [0.3, 0.4) is 0 Å². The van der Waals surface area contributed by atoms with E-state index >= 15 is 0 Å². The van der Waals surface area contributed by atoms with Gasteiger partial charge in [-0.3, -0.25) is 4.79 Å². The summed E-state index contributed by atoms with van der Waals surface area (Å²) in [5, 5.41) is 11.9. The van der Waals surface area contributed by atoms with Gasteiger partial charge in [0.25, 0.3) is 0 Å². The van der Waals surface area contributed by atoms with Crippen LogP contribution in [-0.2, 0) is 4.79 Å². The molecule has 0 amide bonds. The van der Waals surface area contributed by atoms with Gasteiger partial charge in [-0.15, -0.1) is 0 Å². The summed E-state index contributed by atoms with van der Waals surface area (Å²) in [7, 11) is 0. The summed E-state index contributed by atoms with van der Waals surface area (Å²) in [4.78, 5) is 10.4. The Kier molecular flexibility index (Phi) is 5.01. The Morgan fingerprint density at radius 2 is 1.82 bits per heavy atom. The molecule has 1 unspecified atom stereocenters. The molecule has 0 heterocycles. The highest BCUT2D eigenvalue weighted by Gasteiger charge is 2.05. The fourth-order valence-electron chi connectivity index (χ4n) is 1.66. The van der Waals surface area contributed by atoms with Crippen LogP contribution < -0.4 is 5.32 Å². The lowest BCUT2D eigenvalue weighted by atomic mass is 10.0. The molecule has 0 spiro atoms. The van der Waals surface area contributed by atoms with Crippen LogP contribution in [0.2, 0.25) is 0 Å². The molecular formula is C14H21NO2. The molecule has 3 nitrogen and oxygen atoms in total. The van der Waals surface area contributed by atoms with Crippen molar-refractivity contribution in [3.63, 3.8) is 0 Å². The van der Waals surface area contributed by atoms with E-state index in [1.54, 1.807) is 0 Å². The zero-order chi connectivity index (χ0) is 12.8. The Balaban J connectivity index is 2.48. The third-order valence-electron chi connectivity index (χ3n) is 2.78. The maximum atomic E-state index is 10.4. The largest absolute Gasteiger partial charge is 0.481 e. The molecule has 17 heavy (non-hydrogen) atoms. The topological polar surface area (TPSA) is 49.3 Å². The molecule has 1 atom stereocenters. The van der Waals surface area contributed by atoms with Gasteiger partial charge in [-0.1, -0.05) is 26.0 Å². The average molecular weight is 235 g/mol. The molecule has 0 saturated carbocycles. The predicted molar refractivity (Wildman–Crippen MR) is 70.5 cm³/mol. The number of carboxylic acid groups (broad SMARTS) is 1. The Morgan fingerprint density at radius 3 is 2.29 bits per heavy atom. The van der Waals surface area contributed by atoms with E-state index in [2.05, 4.69) is 31.3 Å². The number of aliphatic carboxylic acids is 1. The van der Waals surface area contributed by atoms with E-state index in [9.17, 15) is 4.79 Å². The van der Waals surface area contributed by atoms with Crippen molar-refractivity contribution in [3.05, 3.63) is 29.8 Å². The van der Waals surface area contributed by atoms with Crippen molar-refractivity contribution < 1.29 is 9.90 Å². The first-order valence-corrected chi connectivity index (χ1v) is 6.07. The highest BCUT2D eigenvalue weighted by atomic mass is 16.4. The molecule has 3 heteroatoms. The van der Waals surface area contributed by atoms with Gasteiger partial charge >= 0.3 is 5.97 Å². The third-order valence-corrected chi connectivity index (χ3v) is 2.78. The Bertz CT molecular complexity index is 357. The third kappa shape index (κ3) is 4.89. The minimum Gasteiger partial charge on any atom is -0.481 e. The van der Waals surface area contributed by atoms with E-state index < -0.39 is 5.97 Å². The summed E-state index contributed by atoms with van der Waals surface area (Å²) in [6.45, 7) is 6.33. The van der Waals surface area contributed by atoms with E-state index in [4.69, 9.17) is 5.11 Å². The molecular weight excluding hydrogens is 214 g/mol. The number of carbonyl (C=O) groups is 1. The maximum Gasteiger partial charge on any atom is 0.303 e. The lowest BCUT2D eigenvalue weighted by Gasteiger charge is -2.15. The molecule has 1 aromatic carbocycles. The molecule has 0 radical (unpaired) electrons. The van der Waals surface area contributed by atoms with Crippen LogP contribution in [0, 0.1) is 0 Å². The highest BCUT2D eigenvalue weighted by molar-refractivity contribution is 5.66. The summed E-state index contributed by atoms with van der Waals surface area (Å²) in [6.07, 6.45) is 0.847. The predicted octanol–water partition coefficient (Wildman–Crippen LogP) is 3.48. The Morgan fingerprint density at radius 1 is 1.24 bits per heavy atom. The van der Waals surface area contributed by atoms with E-state index in [1.165, 1.54) is 5.56 Å². The number of hydrogen-bond acceptors (Lipinski definition) is 2. The van der Waals surface area contributed by atoms with Crippen molar-refractivity contribution in [1.29, 1.82) is 0 Å². The second-order valence-corrected chi connectivity index (χ2v) is 4.75. The molecule has 0 fully saturated rings. The lowest BCUT2D eigenvalue weighted by molar-refractivity contribution is -0.137. The SMILES string of the molecule is CC(CCC(=O)O)Nc1ccc(C(C)C)cc1. The van der Waals surface area contributed by atoms with Gasteiger partial charge < -0.3 is 10.4 Å². The van der Waals surface area contributed by atoms with Crippen LogP contribution >= 0.6 is 0 Å². The summed E-state index contributed by atoms with van der Waals surface area (Å²) in [5.41, 5.74) is 2.36. The van der Waals surface area contributed by atoms with Crippen molar-refractivity contribution in [1.82, 2.24) is 0 Å². The van der Waals surface area contributed by atoms with Gasteiger partial charge in [-0.25, -0.2) is 0 Å². The fourth-order valence-corrected chi connectivity index (χ4v) is 1.66. The molecule has 1 rings (SSSR count). The quantitative estimate of drug-likeness (QED) is 0.793. The summed E-state index contributed by atoms with van der Waals surface area (Å²) < 4.78 is 0. The Labute approximate surface area is 103 Å². The van der Waals surface area contributed by atoms with E-state index in [-0.39, 0.29) is 12.5 Å². The summed E-state index contributed by atoms with van der Waals surface area (Å²) in [6, 6.07) is 8.49. The molecule has 0 aliphatic carbocycles. The smallest absolute Gasteiger partial charge is 0.303 e. The molecule has 94 valence electrons. The normalized spacial score (nSPS) is 12.5. The highest BCUT2D eigenvalue weighted by Crippen LogP contribution is 2.18. The molecule has 2 N–H and O–H groups in total. The molecule has 0 aromatic heterocycles. The van der Waals surface area contributed by atoms with Crippen LogP contribution in [0.5, 0.6) is 0 Å². The summed E-state index contributed by atoms with van der Waals surface area (Å²) >= 11 is 0. The number of nitrogens with one attached hydrogen (secondary N) is 1. The first kappa shape index (κ1) is 13.6. The van der Waals surface area contributed by atoms with Gasteiger partial charge in [0.2, 0.25) is 0 Å². The first-order valence-electron chi connectivity index (χ1n) is 6.07. The van der Waals surface area contributed by atoms with Gasteiger partial charge in [0.05, 0.1) is 0 Å². The molecule has 0 bridgehead atoms. The van der Waals surface area contributed by atoms with Crippen LogP contribution in [0.15, 0.2) is 24.3 Å². The minimum absolute atomic E-state index is 0.177. The van der Waals surface area contributed by atoms with Crippen molar-refractivity contribution >= 4 is 11.7 Å². The number of hydrogen-bond donors (Lipinski definition) is 2. The molecule has 0 aliphatic rings. The van der Waals surface area contributed by atoms with E-state index in [1.807, 2.05) is 19.1 Å². The Hall–Kier alpha value is -1.51. The van der Waals surface area contributed by atoms with Gasteiger partial charge in [-0.05, 0) is 37.0 Å². The van der Waals surface area contributed by atoms with E-state index in [0.29, 0.717) is 12.3 Å². The van der Waals surface area contributed by atoms with Crippen LogP contribution in [0.25, 0.3) is 0 Å². The van der Waals surface area contributed by atoms with Crippen molar-refractivity contribution in [2.45, 2.75) is 45.6 Å². The number of anilines is 1. The first-order chi connectivity index (χ1) is 7.99. The molecule has 1 aromatic rings.